The van der Waals surface area contributed by atoms with Gasteiger partial charge in [-0.3, -0.25) is 0 Å². The maximum Gasteiger partial charge on any atom is 0.337 e. The van der Waals surface area contributed by atoms with E-state index in [2.05, 4.69) is 5.32 Å². The summed E-state index contributed by atoms with van der Waals surface area (Å²) in [6, 6.07) is 5.36. The maximum atomic E-state index is 10.7. The number of anilines is 1. The van der Waals surface area contributed by atoms with Gasteiger partial charge in [-0.15, -0.1) is 0 Å². The highest BCUT2D eigenvalue weighted by Gasteiger charge is 2.29. The van der Waals surface area contributed by atoms with Crippen LogP contribution in [0.5, 0.6) is 0 Å². The van der Waals surface area contributed by atoms with Crippen LogP contribution in [0.4, 0.5) is 5.69 Å². The van der Waals surface area contributed by atoms with Crippen LogP contribution in [0.25, 0.3) is 0 Å². The van der Waals surface area contributed by atoms with Crippen LogP contribution in [0.3, 0.4) is 0 Å². The lowest BCUT2D eigenvalue weighted by Crippen LogP contribution is -2.41. The van der Waals surface area contributed by atoms with Crippen molar-refractivity contribution in [2.24, 2.45) is 0 Å². The average molecular weight is 244 g/mol. The van der Waals surface area contributed by atoms with Crippen molar-refractivity contribution < 1.29 is 15.0 Å². The van der Waals surface area contributed by atoms with E-state index in [0.717, 1.165) is 5.56 Å². The summed E-state index contributed by atoms with van der Waals surface area (Å²) in [4.78, 5) is 10.7. The van der Waals surface area contributed by atoms with Crippen LogP contribution in [0.1, 0.15) is 12.5 Å². The van der Waals surface area contributed by atoms with E-state index in [1.807, 2.05) is 13.0 Å². The van der Waals surface area contributed by atoms with Gasteiger partial charge in [0.15, 0.2) is 5.60 Å². The van der Waals surface area contributed by atoms with Crippen molar-refractivity contribution in [2.45, 2.75) is 19.4 Å². The van der Waals surface area contributed by atoms with Gasteiger partial charge in [-0.25, -0.2) is 4.79 Å². The minimum Gasteiger partial charge on any atom is -0.479 e. The Morgan fingerprint density at radius 3 is 2.75 bits per heavy atom. The molecule has 88 valence electrons. The Labute approximate surface area is 98.9 Å². The zero-order valence-electron chi connectivity index (χ0n) is 9.12. The van der Waals surface area contributed by atoms with E-state index in [1.54, 1.807) is 12.1 Å². The van der Waals surface area contributed by atoms with Crippen LogP contribution in [0, 0.1) is 6.92 Å². The van der Waals surface area contributed by atoms with Crippen LogP contribution >= 0.6 is 11.6 Å². The van der Waals surface area contributed by atoms with E-state index in [9.17, 15) is 9.90 Å². The molecule has 0 radical (unpaired) electrons. The molecule has 0 spiro atoms. The molecule has 1 aromatic rings. The molecule has 1 unspecified atom stereocenters. The normalized spacial score (nSPS) is 14.2. The first kappa shape index (κ1) is 12.8. The van der Waals surface area contributed by atoms with Crippen molar-refractivity contribution in [3.8, 4) is 0 Å². The minimum atomic E-state index is -1.81. The monoisotopic (exact) mass is 243 g/mol. The summed E-state index contributed by atoms with van der Waals surface area (Å²) in [6.45, 7) is 3.02. The first-order valence-corrected chi connectivity index (χ1v) is 5.16. The highest BCUT2D eigenvalue weighted by Crippen LogP contribution is 2.23. The molecule has 0 aliphatic rings. The summed E-state index contributed by atoms with van der Waals surface area (Å²) in [7, 11) is 0. The number of carboxylic acid groups (broad SMARTS) is 1. The van der Waals surface area contributed by atoms with Crippen LogP contribution in [-0.2, 0) is 4.79 Å². The van der Waals surface area contributed by atoms with E-state index < -0.39 is 11.6 Å². The Balaban J connectivity index is 2.75. The first-order valence-electron chi connectivity index (χ1n) is 4.79. The first-order chi connectivity index (χ1) is 7.33. The second kappa shape index (κ2) is 4.72. The van der Waals surface area contributed by atoms with Gasteiger partial charge in [0.05, 0.1) is 17.3 Å². The lowest BCUT2D eigenvalue weighted by Gasteiger charge is -2.19. The molecule has 0 bridgehead atoms. The van der Waals surface area contributed by atoms with Gasteiger partial charge in [0, 0.05) is 0 Å². The second-order valence-corrected chi connectivity index (χ2v) is 4.32. The van der Waals surface area contributed by atoms with Crippen LogP contribution in [0.2, 0.25) is 5.02 Å². The third kappa shape index (κ3) is 3.12. The fourth-order valence-corrected chi connectivity index (χ4v) is 1.30. The molecule has 1 aromatic carbocycles. The Morgan fingerprint density at radius 2 is 2.19 bits per heavy atom. The molecule has 0 amide bonds. The molecular formula is C11H14ClNO3. The molecule has 0 aromatic heterocycles. The Bertz CT molecular complexity index is 404. The third-order valence-corrected chi connectivity index (χ3v) is 2.54. The summed E-state index contributed by atoms with van der Waals surface area (Å²) < 4.78 is 0. The van der Waals surface area contributed by atoms with Crippen LogP contribution < -0.4 is 5.32 Å². The molecule has 0 fully saturated rings. The predicted molar refractivity (Wildman–Crippen MR) is 62.9 cm³/mol. The van der Waals surface area contributed by atoms with Crippen molar-refractivity contribution in [1.29, 1.82) is 0 Å². The number of rotatable bonds is 4. The lowest BCUT2D eigenvalue weighted by molar-refractivity contribution is -0.155. The molecule has 16 heavy (non-hydrogen) atoms. The molecule has 3 N–H and O–H groups in total. The molecule has 1 rings (SSSR count). The molecule has 5 heteroatoms. The third-order valence-electron chi connectivity index (χ3n) is 2.21. The Hall–Kier alpha value is -1.26. The van der Waals surface area contributed by atoms with E-state index in [4.69, 9.17) is 16.7 Å². The molecule has 0 saturated heterocycles. The highest BCUT2D eigenvalue weighted by molar-refractivity contribution is 6.33. The molecule has 0 heterocycles. The molecule has 0 aliphatic carbocycles. The summed E-state index contributed by atoms with van der Waals surface area (Å²) in [5.74, 6) is -1.27. The van der Waals surface area contributed by atoms with Crippen molar-refractivity contribution in [3.05, 3.63) is 28.8 Å². The standard InChI is InChI=1S/C11H14ClNO3/c1-7-3-4-8(12)9(5-7)13-6-11(2,16)10(14)15/h3-5,13,16H,6H2,1-2H3,(H,14,15). The number of aliphatic carboxylic acids is 1. The van der Waals surface area contributed by atoms with Crippen LogP contribution in [-0.4, -0.2) is 28.3 Å². The van der Waals surface area contributed by atoms with E-state index in [-0.39, 0.29) is 6.54 Å². The van der Waals surface area contributed by atoms with Crippen molar-refractivity contribution in [2.75, 3.05) is 11.9 Å². The number of hydrogen-bond acceptors (Lipinski definition) is 3. The number of aryl methyl sites for hydroxylation is 1. The van der Waals surface area contributed by atoms with Crippen molar-refractivity contribution in [1.82, 2.24) is 0 Å². The summed E-state index contributed by atoms with van der Waals surface area (Å²) >= 11 is 5.91. The number of aliphatic hydroxyl groups is 1. The lowest BCUT2D eigenvalue weighted by atomic mass is 10.1. The average Bonchev–Trinajstić information content (AvgIpc) is 2.19. The van der Waals surface area contributed by atoms with Gasteiger partial charge in [0.1, 0.15) is 0 Å². The number of carbonyl (C=O) groups is 1. The minimum absolute atomic E-state index is 0.106. The predicted octanol–water partition coefficient (Wildman–Crippen LogP) is 1.90. The Kier molecular flexibility index (Phi) is 3.78. The number of benzene rings is 1. The number of carboxylic acids is 1. The smallest absolute Gasteiger partial charge is 0.337 e. The van der Waals surface area contributed by atoms with Crippen molar-refractivity contribution >= 4 is 23.3 Å². The fourth-order valence-electron chi connectivity index (χ4n) is 1.12. The molecule has 0 saturated carbocycles. The van der Waals surface area contributed by atoms with E-state index in [0.29, 0.717) is 10.7 Å². The zero-order chi connectivity index (χ0) is 12.3. The molecular weight excluding hydrogens is 230 g/mol. The van der Waals surface area contributed by atoms with E-state index >= 15 is 0 Å². The van der Waals surface area contributed by atoms with Gasteiger partial charge in [-0.05, 0) is 31.5 Å². The van der Waals surface area contributed by atoms with Gasteiger partial charge >= 0.3 is 5.97 Å². The molecule has 1 atom stereocenters. The van der Waals surface area contributed by atoms with Gasteiger partial charge in [0.25, 0.3) is 0 Å². The summed E-state index contributed by atoms with van der Waals surface area (Å²) in [6.07, 6.45) is 0. The summed E-state index contributed by atoms with van der Waals surface area (Å²) in [5, 5.41) is 21.5. The van der Waals surface area contributed by atoms with Gasteiger partial charge < -0.3 is 15.5 Å². The fraction of sp³-hybridized carbons (Fsp3) is 0.364. The number of hydrogen-bond donors (Lipinski definition) is 3. The number of halogens is 1. The SMILES string of the molecule is Cc1ccc(Cl)c(NCC(C)(O)C(=O)O)c1. The molecule has 0 aliphatic heterocycles. The van der Waals surface area contributed by atoms with Crippen LogP contribution in [0.15, 0.2) is 18.2 Å². The van der Waals surface area contributed by atoms with Crippen molar-refractivity contribution in [3.63, 3.8) is 0 Å². The van der Waals surface area contributed by atoms with Gasteiger partial charge in [-0.1, -0.05) is 17.7 Å². The quantitative estimate of drug-likeness (QED) is 0.756. The van der Waals surface area contributed by atoms with E-state index in [1.165, 1.54) is 6.92 Å². The van der Waals surface area contributed by atoms with Gasteiger partial charge in [-0.2, -0.15) is 0 Å². The largest absolute Gasteiger partial charge is 0.479 e. The Morgan fingerprint density at radius 1 is 1.56 bits per heavy atom. The second-order valence-electron chi connectivity index (χ2n) is 3.92. The zero-order valence-corrected chi connectivity index (χ0v) is 9.88. The highest BCUT2D eigenvalue weighted by atomic mass is 35.5. The maximum absolute atomic E-state index is 10.7. The molecule has 4 nitrogen and oxygen atoms in total. The van der Waals surface area contributed by atoms with Gasteiger partial charge in [0.2, 0.25) is 0 Å². The summed E-state index contributed by atoms with van der Waals surface area (Å²) in [5.41, 5.74) is -0.197. The number of nitrogens with one attached hydrogen (secondary N) is 1. The topological polar surface area (TPSA) is 69.6 Å².